The first-order valence-corrected chi connectivity index (χ1v) is 48.0. The molecule has 3 aromatic carbocycles. The highest BCUT2D eigenvalue weighted by molar-refractivity contribution is 7.82. The van der Waals surface area contributed by atoms with Crippen LogP contribution in [-0.4, -0.2) is 220 Å². The third-order valence-corrected chi connectivity index (χ3v) is 24.7. The van der Waals surface area contributed by atoms with Gasteiger partial charge in [0, 0.05) is 112 Å². The summed E-state index contributed by atoms with van der Waals surface area (Å²) in [6.45, 7) is 28.7. The molecular formula is C90H149BN13O5S8. The molecule has 117 heavy (non-hydrogen) atoms. The lowest BCUT2D eigenvalue weighted by molar-refractivity contribution is 0.0136. The number of para-hydroxylation sites is 2. The van der Waals surface area contributed by atoms with Gasteiger partial charge in [0.25, 0.3) is 5.91 Å². The zero-order chi connectivity index (χ0) is 85.3. The summed E-state index contributed by atoms with van der Waals surface area (Å²) >= 11 is 45.0. The van der Waals surface area contributed by atoms with E-state index in [9.17, 15) is 4.79 Å². The summed E-state index contributed by atoms with van der Waals surface area (Å²) in [5.41, 5.74) is 2.59. The zero-order valence-electron chi connectivity index (χ0n) is 73.6. The lowest BCUT2D eigenvalue weighted by atomic mass is 9.94. The zero-order valence-corrected chi connectivity index (χ0v) is 79.1. The minimum atomic E-state index is -0.149. The van der Waals surface area contributed by atoms with Crippen molar-refractivity contribution in [2.24, 2.45) is 5.92 Å². The maximum atomic E-state index is 11.9. The van der Waals surface area contributed by atoms with E-state index in [1.54, 1.807) is 19.0 Å². The van der Waals surface area contributed by atoms with Gasteiger partial charge in [-0.2, -0.15) is 0 Å². The van der Waals surface area contributed by atoms with Gasteiger partial charge in [-0.1, -0.05) is 191 Å². The van der Waals surface area contributed by atoms with Gasteiger partial charge >= 0.3 is 0 Å². The highest BCUT2D eigenvalue weighted by Gasteiger charge is 2.34. The van der Waals surface area contributed by atoms with E-state index >= 15 is 0 Å². The molecular weight excluding hydrogens is 1610 g/mol. The van der Waals surface area contributed by atoms with Crippen molar-refractivity contribution in [1.82, 2.24) is 56.0 Å². The van der Waals surface area contributed by atoms with Gasteiger partial charge in [0.1, 0.15) is 0 Å². The molecule has 3 aliphatic heterocycles. The van der Waals surface area contributed by atoms with Crippen LogP contribution < -0.4 is 37.2 Å². The first kappa shape index (κ1) is 101. The Morgan fingerprint density at radius 1 is 0.462 bits per heavy atom. The van der Waals surface area contributed by atoms with Crippen molar-refractivity contribution in [3.63, 3.8) is 0 Å². The molecule has 655 valence electrons. The fourth-order valence-electron chi connectivity index (χ4n) is 15.3. The van der Waals surface area contributed by atoms with Crippen LogP contribution in [-0.2, 0) is 18.9 Å². The highest BCUT2D eigenvalue weighted by atomic mass is 32.1. The topological polar surface area (TPSA) is 158 Å². The van der Waals surface area contributed by atoms with Gasteiger partial charge in [0.2, 0.25) is 0 Å². The molecule has 18 nitrogen and oxygen atoms in total. The number of piperidine rings is 1. The van der Waals surface area contributed by atoms with Crippen molar-refractivity contribution in [3.8, 4) is 0 Å². The van der Waals surface area contributed by atoms with E-state index in [2.05, 4.69) is 110 Å². The SMILES string of the molecule is CC(C)NC(=S)N(C(=S)N1CCOCC1)C(C)C.CC1CCN(C(=S)N(C(=S)NC2CCCCC2)C2CCCCC2)CC1.CCCCOCCOCCOCCCC.O=C(NC(=S)NC1CCCCC1)c1ccccc1.S=C(NC1CCCCC1)N(C(=S)N1CCCC1)C1CCCCC1.S=C(Nc1ccccc1)Nc1ccccc1.[2H][B]C. The van der Waals surface area contributed by atoms with E-state index < -0.39 is 0 Å². The van der Waals surface area contributed by atoms with Crippen LogP contribution in [0.15, 0.2) is 91.0 Å². The van der Waals surface area contributed by atoms with Crippen LogP contribution in [0, 0.1) is 5.92 Å². The highest BCUT2D eigenvalue weighted by Crippen LogP contribution is 2.30. The lowest BCUT2D eigenvalue weighted by Crippen LogP contribution is -2.57. The second-order valence-electron chi connectivity index (χ2n) is 32.3. The molecule has 11 rings (SSSR count). The van der Waals surface area contributed by atoms with Crippen molar-refractivity contribution in [3.05, 3.63) is 96.6 Å². The number of morpholine rings is 1. The molecule has 0 bridgehead atoms. The molecule has 7 N–H and O–H groups in total. The number of nitrogens with one attached hydrogen (secondary N) is 7. The third kappa shape index (κ3) is 42.8. The average molecular weight is 1760 g/mol. The Balaban J connectivity index is 0.000000253. The molecule has 0 spiro atoms. The second-order valence-corrected chi connectivity index (χ2v) is 35.3. The Hall–Kier alpha value is -4.65. The Labute approximate surface area is 753 Å². The van der Waals surface area contributed by atoms with Gasteiger partial charge in [-0.15, -0.1) is 0 Å². The molecule has 0 atom stereocenters. The molecule has 5 aliphatic carbocycles. The fourth-order valence-corrected chi connectivity index (χ4v) is 18.6. The maximum Gasteiger partial charge on any atom is 0.257 e. The minimum absolute atomic E-state index is 0.149. The van der Waals surface area contributed by atoms with Crippen LogP contribution in [0.3, 0.4) is 0 Å². The fraction of sp³-hybridized carbons (Fsp3) is 0.700. The summed E-state index contributed by atoms with van der Waals surface area (Å²) in [6.07, 6.45) is 41.8. The van der Waals surface area contributed by atoms with Crippen LogP contribution in [0.1, 0.15) is 271 Å². The van der Waals surface area contributed by atoms with Crippen LogP contribution in [0.4, 0.5) is 11.4 Å². The van der Waals surface area contributed by atoms with E-state index in [-0.39, 0.29) is 11.9 Å². The van der Waals surface area contributed by atoms with E-state index in [4.69, 9.17) is 118 Å². The van der Waals surface area contributed by atoms with Crippen LogP contribution >= 0.6 is 97.7 Å². The maximum absolute atomic E-state index is 11.9. The second kappa shape index (κ2) is 63.3. The summed E-state index contributed by atoms with van der Waals surface area (Å²) in [4.78, 5) is 25.5. The normalized spacial score (nSPS) is 17.6. The quantitative estimate of drug-likeness (QED) is 0.0289. The Kier molecular flexibility index (Phi) is 54.7. The third-order valence-electron chi connectivity index (χ3n) is 22.0. The number of amides is 1. The number of anilines is 2. The van der Waals surface area contributed by atoms with Crippen molar-refractivity contribution >= 4 is 164 Å². The smallest absolute Gasteiger partial charge is 0.257 e. The van der Waals surface area contributed by atoms with Gasteiger partial charge in [0.05, 0.1) is 47.5 Å². The Bertz CT molecular complexity index is 3180. The average Bonchev–Trinajstić information content (AvgIpc) is 1.03. The molecule has 8 fully saturated rings. The van der Waals surface area contributed by atoms with Gasteiger partial charge in [0.15, 0.2) is 40.9 Å². The molecule has 0 aromatic heterocycles. The lowest BCUT2D eigenvalue weighted by Gasteiger charge is -2.43. The number of thiocarbonyl (C=S) groups is 8. The number of hydrogen-bond donors (Lipinski definition) is 7. The first-order chi connectivity index (χ1) is 57.3. The Morgan fingerprint density at radius 3 is 1.21 bits per heavy atom. The van der Waals surface area contributed by atoms with Crippen molar-refractivity contribution in [2.45, 2.75) is 309 Å². The van der Waals surface area contributed by atoms with E-state index in [1.807, 2.05) is 83.8 Å². The van der Waals surface area contributed by atoms with Crippen LogP contribution in [0.5, 0.6) is 0 Å². The summed E-state index contributed by atoms with van der Waals surface area (Å²) in [5, 5.41) is 29.1. The van der Waals surface area contributed by atoms with Gasteiger partial charge in [-0.25, -0.2) is 0 Å². The standard InChI is InChI=1S/C20H35N3S2.C18H31N3S2.C14H18N2OS.C13H12N2S.C12H23N3OS2.C12H26O3.CH4B/c1-16-12-14-22(15-13-16)20(25)23(18-10-6-3-7-11-18)19(24)21-17-8-4-2-5-9-17;22-17(19-15-9-3-1-4-10-15)21(16-11-5-2-6-12-16)18(23)20-13-7-8-14-20;17-13(11-7-3-1-4-8-11)16-14(18)15-12-9-5-2-6-10-12;16-13(14-11-7-3-1-4-8-11)15-12-9-5-2-6-10-12;1-9(2)13-11(17)15(10(3)4)12(18)14-5-7-16-8-6-14;1-3-5-7-13-9-11-15-12-10-14-8-6-4-2;1-2/h16-18H,2-15H2,1H3,(H,21,24);15-16H,1-14H2,(H,19,22);1,3-4,7-8,12H,2,5-6,9-10H2,(H2,15,16,17,18);1-10H,(H2,14,15,16);9-10H,5-8H2,1-4H3,(H,13,17);3-12H2,1-2H3;2H,1H3/i;;;;;;2D. The van der Waals surface area contributed by atoms with E-state index in [1.165, 1.54) is 194 Å². The molecule has 0 unspecified atom stereocenters. The number of hydrogen-bond acceptors (Lipinski definition) is 13. The molecule has 1 radical (unpaired) electrons. The monoisotopic (exact) mass is 1760 g/mol. The van der Waals surface area contributed by atoms with Gasteiger partial charge < -0.3 is 65.5 Å². The number of rotatable bonds is 22. The summed E-state index contributed by atoms with van der Waals surface area (Å²) < 4.78 is 27.5. The van der Waals surface area contributed by atoms with Crippen molar-refractivity contribution in [1.29, 1.82) is 1.34 Å². The molecule has 3 heterocycles. The van der Waals surface area contributed by atoms with Gasteiger partial charge in [-0.05, 0) is 272 Å². The van der Waals surface area contributed by atoms with E-state index in [0.717, 1.165) is 134 Å². The molecule has 3 saturated heterocycles. The summed E-state index contributed by atoms with van der Waals surface area (Å²) in [5.74, 6) is 0.679. The summed E-state index contributed by atoms with van der Waals surface area (Å²) in [6, 6.07) is 31.9. The predicted molar refractivity (Wildman–Crippen MR) is 526 cm³/mol. The number of carbonyl (C=O) groups is 1. The molecule has 3 aromatic rings. The van der Waals surface area contributed by atoms with Crippen LogP contribution in [0.25, 0.3) is 0 Å². The molecule has 1 amide bonds. The van der Waals surface area contributed by atoms with E-state index in [0.29, 0.717) is 83.6 Å². The number of unbranched alkanes of at least 4 members (excludes halogenated alkanes) is 2. The molecule has 8 aliphatic rings. The Morgan fingerprint density at radius 2 is 0.821 bits per heavy atom. The number of nitrogens with zero attached hydrogens (tertiary/aromatic N) is 6. The largest absolute Gasteiger partial charge is 0.379 e. The number of carbonyl (C=O) groups excluding carboxylic acids is 1. The summed E-state index contributed by atoms with van der Waals surface area (Å²) in [7, 11) is 1.25. The molecule has 5 saturated carbocycles. The number of likely N-dealkylation sites (tertiary alicyclic amines) is 2. The minimum Gasteiger partial charge on any atom is -0.379 e. The number of ether oxygens (including phenoxy) is 4. The predicted octanol–water partition coefficient (Wildman–Crippen LogP) is 19.3. The van der Waals surface area contributed by atoms with Gasteiger partial charge in [-0.3, -0.25) is 24.8 Å². The van der Waals surface area contributed by atoms with Crippen molar-refractivity contribution < 1.29 is 23.7 Å². The molecule has 27 heteroatoms. The first-order valence-electron chi connectivity index (χ1n) is 45.3. The van der Waals surface area contributed by atoms with Crippen molar-refractivity contribution in [2.75, 3.05) is 103 Å². The van der Waals surface area contributed by atoms with Crippen LogP contribution in [0.2, 0.25) is 6.82 Å². The number of benzene rings is 3.